The van der Waals surface area contributed by atoms with E-state index >= 15 is 0 Å². The monoisotopic (exact) mass is 259 g/mol. The van der Waals surface area contributed by atoms with Crippen LogP contribution in [0.1, 0.15) is 0 Å². The number of nitrogens with zero attached hydrogens (tertiary/aromatic N) is 2. The fourth-order valence-electron chi connectivity index (χ4n) is 1.25. The van der Waals surface area contributed by atoms with Crippen LogP contribution in [0.2, 0.25) is 0 Å². The molecular weight excluding hydrogens is 246 g/mol. The Bertz CT molecular complexity index is 539. The number of nitro benzene ring substituents is 1. The van der Waals surface area contributed by atoms with Gasteiger partial charge in [0, 0.05) is 33.3 Å². The van der Waals surface area contributed by atoms with Crippen LogP contribution in [0.25, 0.3) is 0 Å². The van der Waals surface area contributed by atoms with Crippen LogP contribution in [-0.4, -0.2) is 38.8 Å². The molecule has 1 N–H and O–H groups in total. The summed E-state index contributed by atoms with van der Waals surface area (Å²) in [6.45, 7) is 0. The highest BCUT2D eigenvalue weighted by atomic mass is 32.2. The van der Waals surface area contributed by atoms with E-state index < -0.39 is 14.9 Å². The average molecular weight is 259 g/mol. The van der Waals surface area contributed by atoms with Gasteiger partial charge >= 0.3 is 0 Å². The summed E-state index contributed by atoms with van der Waals surface area (Å²) in [7, 11) is 0.692. The molecule has 1 aromatic carbocycles. The fourth-order valence-corrected chi connectivity index (χ4v) is 2.32. The highest BCUT2D eigenvalue weighted by Crippen LogP contribution is 2.27. The molecule has 17 heavy (non-hydrogen) atoms. The standard InChI is InChI=1S/C9H13N3O4S/c1-10-8-6-7(12(13)14)4-5-9(8)17(15,16)11(2)3/h4-6,10H,1-3H3. The molecule has 7 nitrogen and oxygen atoms in total. The number of benzene rings is 1. The van der Waals surface area contributed by atoms with Crippen LogP contribution in [0.3, 0.4) is 0 Å². The fraction of sp³-hybridized carbons (Fsp3) is 0.333. The van der Waals surface area contributed by atoms with Crippen molar-refractivity contribution >= 4 is 21.4 Å². The van der Waals surface area contributed by atoms with Crippen molar-refractivity contribution in [3.05, 3.63) is 28.3 Å². The summed E-state index contributed by atoms with van der Waals surface area (Å²) in [6, 6.07) is 3.58. The second-order valence-electron chi connectivity index (χ2n) is 3.48. The first kappa shape index (κ1) is 13.4. The topological polar surface area (TPSA) is 92.5 Å². The lowest BCUT2D eigenvalue weighted by molar-refractivity contribution is -0.384. The molecule has 0 saturated carbocycles. The molecule has 0 atom stereocenters. The second kappa shape index (κ2) is 4.68. The van der Waals surface area contributed by atoms with Gasteiger partial charge in [-0.25, -0.2) is 12.7 Å². The van der Waals surface area contributed by atoms with E-state index in [1.54, 1.807) is 0 Å². The van der Waals surface area contributed by atoms with Crippen molar-refractivity contribution in [2.24, 2.45) is 0 Å². The number of nitro groups is 1. The lowest BCUT2D eigenvalue weighted by Crippen LogP contribution is -2.23. The zero-order valence-electron chi connectivity index (χ0n) is 9.67. The highest BCUT2D eigenvalue weighted by Gasteiger charge is 2.22. The summed E-state index contributed by atoms with van der Waals surface area (Å²) < 4.78 is 24.9. The van der Waals surface area contributed by atoms with Gasteiger partial charge in [0.2, 0.25) is 10.0 Å². The third-order valence-corrected chi connectivity index (χ3v) is 4.08. The molecule has 0 fully saturated rings. The Morgan fingerprint density at radius 2 is 1.94 bits per heavy atom. The first-order valence-corrected chi connectivity index (χ1v) is 6.13. The highest BCUT2D eigenvalue weighted by molar-refractivity contribution is 7.89. The maximum atomic E-state index is 11.9. The molecule has 0 saturated heterocycles. The van der Waals surface area contributed by atoms with Crippen molar-refractivity contribution in [1.29, 1.82) is 0 Å². The summed E-state index contributed by atoms with van der Waals surface area (Å²) in [5.74, 6) is 0. The Labute approximate surface area is 99.2 Å². The molecule has 0 heterocycles. The van der Waals surface area contributed by atoms with Gasteiger partial charge < -0.3 is 5.32 Å². The van der Waals surface area contributed by atoms with Gasteiger partial charge in [-0.3, -0.25) is 10.1 Å². The molecule has 1 rings (SSSR count). The molecule has 8 heteroatoms. The largest absolute Gasteiger partial charge is 0.387 e. The molecule has 0 spiro atoms. The molecule has 0 unspecified atom stereocenters. The predicted octanol–water partition coefficient (Wildman–Crippen LogP) is 0.887. The number of anilines is 1. The summed E-state index contributed by atoms with van der Waals surface area (Å²) >= 11 is 0. The van der Waals surface area contributed by atoms with Crippen molar-refractivity contribution in [3.8, 4) is 0 Å². The SMILES string of the molecule is CNc1cc([N+](=O)[O-])ccc1S(=O)(=O)N(C)C. The van der Waals surface area contributed by atoms with Crippen molar-refractivity contribution < 1.29 is 13.3 Å². The van der Waals surface area contributed by atoms with Gasteiger partial charge in [-0.1, -0.05) is 0 Å². The first-order chi connectivity index (χ1) is 7.80. The summed E-state index contributed by atoms with van der Waals surface area (Å²) in [5.41, 5.74) is 0.0416. The van der Waals surface area contributed by atoms with Gasteiger partial charge in [-0.15, -0.1) is 0 Å². The van der Waals surface area contributed by atoms with E-state index in [0.29, 0.717) is 0 Å². The summed E-state index contributed by atoms with van der Waals surface area (Å²) in [5, 5.41) is 13.2. The number of sulfonamides is 1. The molecule has 0 aliphatic rings. The van der Waals surface area contributed by atoms with Gasteiger partial charge in [0.1, 0.15) is 4.90 Å². The Balaban J connectivity index is 3.42. The van der Waals surface area contributed by atoms with E-state index in [2.05, 4.69) is 5.32 Å². The molecule has 0 aliphatic heterocycles. The zero-order chi connectivity index (χ0) is 13.2. The second-order valence-corrected chi connectivity index (χ2v) is 5.60. The number of nitrogens with one attached hydrogen (secondary N) is 1. The Morgan fingerprint density at radius 1 is 1.35 bits per heavy atom. The molecule has 0 aromatic heterocycles. The maximum absolute atomic E-state index is 11.9. The molecule has 0 aliphatic carbocycles. The van der Waals surface area contributed by atoms with Crippen molar-refractivity contribution in [3.63, 3.8) is 0 Å². The van der Waals surface area contributed by atoms with Gasteiger partial charge in [-0.2, -0.15) is 0 Å². The van der Waals surface area contributed by atoms with Crippen LogP contribution >= 0.6 is 0 Å². The molecule has 0 bridgehead atoms. The van der Waals surface area contributed by atoms with Crippen LogP contribution in [0.5, 0.6) is 0 Å². The van der Waals surface area contributed by atoms with Crippen LogP contribution in [0, 0.1) is 10.1 Å². The van der Waals surface area contributed by atoms with Gasteiger partial charge in [0.05, 0.1) is 10.6 Å². The Hall–Kier alpha value is -1.67. The third kappa shape index (κ3) is 2.53. The molecule has 94 valence electrons. The predicted molar refractivity (Wildman–Crippen MR) is 63.5 cm³/mol. The maximum Gasteiger partial charge on any atom is 0.271 e. The molecular formula is C9H13N3O4S. The molecule has 0 radical (unpaired) electrons. The number of hydrogen-bond acceptors (Lipinski definition) is 5. The Kier molecular flexibility index (Phi) is 3.69. The molecule has 0 amide bonds. The van der Waals surface area contributed by atoms with E-state index in [1.165, 1.54) is 33.3 Å². The van der Waals surface area contributed by atoms with Gasteiger partial charge in [-0.05, 0) is 6.07 Å². The number of rotatable bonds is 4. The minimum absolute atomic E-state index is 0.00981. The zero-order valence-corrected chi connectivity index (χ0v) is 10.5. The van der Waals surface area contributed by atoms with E-state index in [1.807, 2.05) is 0 Å². The number of hydrogen-bond donors (Lipinski definition) is 1. The minimum atomic E-state index is -3.61. The van der Waals surface area contributed by atoms with Crippen LogP contribution in [0.4, 0.5) is 11.4 Å². The third-order valence-electron chi connectivity index (χ3n) is 2.20. The van der Waals surface area contributed by atoms with E-state index in [-0.39, 0.29) is 16.3 Å². The van der Waals surface area contributed by atoms with Crippen molar-refractivity contribution in [2.75, 3.05) is 26.5 Å². The lowest BCUT2D eigenvalue weighted by atomic mass is 10.3. The quantitative estimate of drug-likeness (QED) is 0.640. The van der Waals surface area contributed by atoms with Crippen LogP contribution < -0.4 is 5.32 Å². The summed E-state index contributed by atoms with van der Waals surface area (Å²) in [6.07, 6.45) is 0. The smallest absolute Gasteiger partial charge is 0.271 e. The number of non-ortho nitro benzene ring substituents is 1. The first-order valence-electron chi connectivity index (χ1n) is 4.69. The van der Waals surface area contributed by atoms with E-state index in [4.69, 9.17) is 0 Å². The lowest BCUT2D eigenvalue weighted by Gasteiger charge is -2.14. The summed E-state index contributed by atoms with van der Waals surface area (Å²) in [4.78, 5) is 10.0. The normalized spacial score (nSPS) is 11.5. The van der Waals surface area contributed by atoms with E-state index in [9.17, 15) is 18.5 Å². The Morgan fingerprint density at radius 3 is 2.35 bits per heavy atom. The van der Waals surface area contributed by atoms with Crippen molar-refractivity contribution in [1.82, 2.24) is 4.31 Å². The van der Waals surface area contributed by atoms with Crippen LogP contribution in [0.15, 0.2) is 23.1 Å². The van der Waals surface area contributed by atoms with Gasteiger partial charge in [0.25, 0.3) is 5.69 Å². The van der Waals surface area contributed by atoms with Gasteiger partial charge in [0.15, 0.2) is 0 Å². The minimum Gasteiger partial charge on any atom is -0.387 e. The van der Waals surface area contributed by atoms with Crippen molar-refractivity contribution in [2.45, 2.75) is 4.90 Å². The van der Waals surface area contributed by atoms with E-state index in [0.717, 1.165) is 10.4 Å². The van der Waals surface area contributed by atoms with Crippen LogP contribution in [-0.2, 0) is 10.0 Å². The average Bonchev–Trinajstić information content (AvgIpc) is 2.27. The molecule has 1 aromatic rings.